The Bertz CT molecular complexity index is 680. The number of aliphatic hydroxyl groups excluding tert-OH is 1. The van der Waals surface area contributed by atoms with Crippen LogP contribution in [0.4, 0.5) is 0 Å². The first-order valence-electron chi connectivity index (χ1n) is 6.65. The van der Waals surface area contributed by atoms with Crippen molar-refractivity contribution in [3.8, 4) is 11.8 Å². The molecule has 0 aliphatic heterocycles. The van der Waals surface area contributed by atoms with E-state index in [4.69, 9.17) is 5.11 Å². The van der Waals surface area contributed by atoms with Gasteiger partial charge < -0.3 is 10.4 Å². The van der Waals surface area contributed by atoms with E-state index in [0.29, 0.717) is 18.5 Å². The summed E-state index contributed by atoms with van der Waals surface area (Å²) in [4.78, 5) is 12.1. The minimum absolute atomic E-state index is 0.0389. The Morgan fingerprint density at radius 1 is 1.43 bits per heavy atom. The topological polar surface area (TPSA) is 67.2 Å². The van der Waals surface area contributed by atoms with Gasteiger partial charge in [-0.25, -0.2) is 0 Å². The molecule has 0 bridgehead atoms. The minimum atomic E-state index is -0.161. The van der Waals surface area contributed by atoms with E-state index in [2.05, 4.69) is 22.3 Å². The molecular formula is C16H17N3O2. The van der Waals surface area contributed by atoms with Crippen molar-refractivity contribution in [2.45, 2.75) is 13.0 Å². The molecule has 2 rings (SSSR count). The highest BCUT2D eigenvalue weighted by Gasteiger charge is 2.06. The molecule has 5 nitrogen and oxygen atoms in total. The normalized spacial score (nSPS) is 9.81. The zero-order valence-corrected chi connectivity index (χ0v) is 11.8. The summed E-state index contributed by atoms with van der Waals surface area (Å²) >= 11 is 0. The van der Waals surface area contributed by atoms with Crippen LogP contribution in [0.15, 0.2) is 36.5 Å². The van der Waals surface area contributed by atoms with Crippen molar-refractivity contribution in [2.75, 3.05) is 6.61 Å². The number of carbonyl (C=O) groups excluding carboxylic acids is 1. The quantitative estimate of drug-likeness (QED) is 0.825. The number of hydrogen-bond acceptors (Lipinski definition) is 3. The molecule has 0 aliphatic rings. The van der Waals surface area contributed by atoms with E-state index in [-0.39, 0.29) is 12.5 Å². The highest BCUT2D eigenvalue weighted by molar-refractivity contribution is 5.94. The van der Waals surface area contributed by atoms with Crippen LogP contribution in [0, 0.1) is 11.8 Å². The third-order valence-corrected chi connectivity index (χ3v) is 2.79. The molecule has 1 aromatic heterocycles. The molecule has 5 heteroatoms. The van der Waals surface area contributed by atoms with E-state index in [1.165, 1.54) is 0 Å². The average molecular weight is 283 g/mol. The second-order valence-corrected chi connectivity index (χ2v) is 4.52. The van der Waals surface area contributed by atoms with Gasteiger partial charge in [-0.1, -0.05) is 17.9 Å². The van der Waals surface area contributed by atoms with E-state index in [1.807, 2.05) is 25.4 Å². The van der Waals surface area contributed by atoms with E-state index in [0.717, 1.165) is 11.3 Å². The van der Waals surface area contributed by atoms with E-state index in [1.54, 1.807) is 22.9 Å². The summed E-state index contributed by atoms with van der Waals surface area (Å²) in [6.07, 6.45) is 2.26. The van der Waals surface area contributed by atoms with Gasteiger partial charge in [-0.15, -0.1) is 0 Å². The van der Waals surface area contributed by atoms with Crippen LogP contribution < -0.4 is 5.32 Å². The standard InChI is InChI=1S/C16H17N3O2/c1-19-9-8-15(18-19)12-17-16(21)14-7-4-6-13(11-14)5-2-3-10-20/h4,6-9,11,20H,3,10,12H2,1H3,(H,17,21). The van der Waals surface area contributed by atoms with Crippen LogP contribution in [-0.4, -0.2) is 27.4 Å². The molecule has 0 radical (unpaired) electrons. The largest absolute Gasteiger partial charge is 0.395 e. The molecule has 0 aliphatic carbocycles. The van der Waals surface area contributed by atoms with Gasteiger partial charge in [0.1, 0.15) is 0 Å². The van der Waals surface area contributed by atoms with Crippen molar-refractivity contribution in [3.05, 3.63) is 53.3 Å². The van der Waals surface area contributed by atoms with Gasteiger partial charge in [-0.05, 0) is 24.3 Å². The van der Waals surface area contributed by atoms with Crippen LogP contribution in [0.2, 0.25) is 0 Å². The first-order chi connectivity index (χ1) is 10.2. The number of aromatic nitrogens is 2. The van der Waals surface area contributed by atoms with E-state index < -0.39 is 0 Å². The lowest BCUT2D eigenvalue weighted by atomic mass is 10.1. The Kier molecular flexibility index (Phi) is 5.13. The van der Waals surface area contributed by atoms with Gasteiger partial charge in [-0.3, -0.25) is 9.48 Å². The second kappa shape index (κ2) is 7.27. The Morgan fingerprint density at radius 3 is 3.00 bits per heavy atom. The summed E-state index contributed by atoms with van der Waals surface area (Å²) in [6, 6.07) is 8.96. The van der Waals surface area contributed by atoms with Gasteiger partial charge in [0, 0.05) is 30.8 Å². The molecule has 0 fully saturated rings. The third kappa shape index (κ3) is 4.48. The van der Waals surface area contributed by atoms with Crippen LogP contribution in [-0.2, 0) is 13.6 Å². The van der Waals surface area contributed by atoms with E-state index in [9.17, 15) is 4.79 Å². The van der Waals surface area contributed by atoms with E-state index >= 15 is 0 Å². The Morgan fingerprint density at radius 2 is 2.29 bits per heavy atom. The van der Waals surface area contributed by atoms with Gasteiger partial charge in [0.15, 0.2) is 0 Å². The first kappa shape index (κ1) is 14.8. The summed E-state index contributed by atoms with van der Waals surface area (Å²) in [5.41, 5.74) is 2.13. The molecule has 108 valence electrons. The van der Waals surface area contributed by atoms with Crippen molar-refractivity contribution in [1.29, 1.82) is 0 Å². The lowest BCUT2D eigenvalue weighted by Gasteiger charge is -2.03. The number of amides is 1. The molecule has 1 amide bonds. The summed E-state index contributed by atoms with van der Waals surface area (Å²) in [5.74, 6) is 5.59. The molecule has 0 atom stereocenters. The minimum Gasteiger partial charge on any atom is -0.395 e. The monoisotopic (exact) mass is 283 g/mol. The van der Waals surface area contributed by atoms with Gasteiger partial charge in [-0.2, -0.15) is 5.10 Å². The van der Waals surface area contributed by atoms with Crippen LogP contribution in [0.3, 0.4) is 0 Å². The predicted molar refractivity (Wildman–Crippen MR) is 79.4 cm³/mol. The summed E-state index contributed by atoms with van der Waals surface area (Å²) in [5, 5.41) is 15.7. The number of benzene rings is 1. The second-order valence-electron chi connectivity index (χ2n) is 4.52. The summed E-state index contributed by atoms with van der Waals surface area (Å²) in [7, 11) is 1.83. The zero-order valence-electron chi connectivity index (χ0n) is 11.8. The Balaban J connectivity index is 1.99. The average Bonchev–Trinajstić information content (AvgIpc) is 2.91. The van der Waals surface area contributed by atoms with Crippen molar-refractivity contribution < 1.29 is 9.90 Å². The first-order valence-corrected chi connectivity index (χ1v) is 6.65. The fourth-order valence-corrected chi connectivity index (χ4v) is 1.79. The molecule has 2 aromatic rings. The molecule has 0 saturated heterocycles. The molecule has 21 heavy (non-hydrogen) atoms. The van der Waals surface area contributed by atoms with Crippen LogP contribution in [0.1, 0.15) is 28.0 Å². The van der Waals surface area contributed by atoms with Crippen molar-refractivity contribution >= 4 is 5.91 Å². The number of hydrogen-bond donors (Lipinski definition) is 2. The number of nitrogens with zero attached hydrogens (tertiary/aromatic N) is 2. The maximum Gasteiger partial charge on any atom is 0.251 e. The van der Waals surface area contributed by atoms with Crippen molar-refractivity contribution in [1.82, 2.24) is 15.1 Å². The molecule has 2 N–H and O–H groups in total. The van der Waals surface area contributed by atoms with Gasteiger partial charge in [0.2, 0.25) is 0 Å². The van der Waals surface area contributed by atoms with Gasteiger partial charge in [0.05, 0.1) is 18.8 Å². The maximum absolute atomic E-state index is 12.1. The lowest BCUT2D eigenvalue weighted by molar-refractivity contribution is 0.0950. The lowest BCUT2D eigenvalue weighted by Crippen LogP contribution is -2.23. The molecular weight excluding hydrogens is 266 g/mol. The number of aliphatic hydroxyl groups is 1. The number of rotatable bonds is 4. The molecule has 0 unspecified atom stereocenters. The van der Waals surface area contributed by atoms with Crippen molar-refractivity contribution in [3.63, 3.8) is 0 Å². The van der Waals surface area contributed by atoms with Crippen LogP contribution in [0.5, 0.6) is 0 Å². The van der Waals surface area contributed by atoms with Crippen LogP contribution >= 0.6 is 0 Å². The predicted octanol–water partition coefficient (Wildman–Crippen LogP) is 1.08. The number of carbonyl (C=O) groups is 1. The maximum atomic E-state index is 12.1. The van der Waals surface area contributed by atoms with Crippen LogP contribution in [0.25, 0.3) is 0 Å². The molecule has 0 spiro atoms. The number of aryl methyl sites for hydroxylation is 1. The summed E-state index contributed by atoms with van der Waals surface area (Å²) < 4.78 is 1.69. The smallest absolute Gasteiger partial charge is 0.251 e. The Labute approximate surface area is 123 Å². The summed E-state index contributed by atoms with van der Waals surface area (Å²) in [6.45, 7) is 0.428. The number of nitrogens with one attached hydrogen (secondary N) is 1. The Hall–Kier alpha value is -2.58. The SMILES string of the molecule is Cn1ccc(CNC(=O)c2cccc(C#CCCO)c2)n1. The zero-order chi connectivity index (χ0) is 15.1. The highest BCUT2D eigenvalue weighted by atomic mass is 16.2. The molecule has 0 saturated carbocycles. The van der Waals surface area contributed by atoms with Gasteiger partial charge in [0.25, 0.3) is 5.91 Å². The fourth-order valence-electron chi connectivity index (χ4n) is 1.79. The fraction of sp³-hybridized carbons (Fsp3) is 0.250. The van der Waals surface area contributed by atoms with Gasteiger partial charge >= 0.3 is 0 Å². The van der Waals surface area contributed by atoms with Crippen molar-refractivity contribution in [2.24, 2.45) is 7.05 Å². The highest BCUT2D eigenvalue weighted by Crippen LogP contribution is 2.05. The molecule has 1 aromatic carbocycles. The third-order valence-electron chi connectivity index (χ3n) is 2.79. The molecule has 1 heterocycles.